The lowest BCUT2D eigenvalue weighted by molar-refractivity contribution is -0.137. The van der Waals surface area contributed by atoms with Crippen molar-refractivity contribution in [3.05, 3.63) is 54.1 Å². The van der Waals surface area contributed by atoms with Crippen LogP contribution in [-0.4, -0.2) is 18.6 Å². The Morgan fingerprint density at radius 3 is 2.31 bits per heavy atom. The predicted molar refractivity (Wildman–Crippen MR) is 95.4 cm³/mol. The van der Waals surface area contributed by atoms with E-state index in [0.29, 0.717) is 11.4 Å². The third kappa shape index (κ3) is 5.68. The summed E-state index contributed by atoms with van der Waals surface area (Å²) in [7, 11) is 0. The second-order valence-electron chi connectivity index (χ2n) is 5.93. The number of anilines is 2. The van der Waals surface area contributed by atoms with E-state index in [1.807, 2.05) is 13.8 Å². The van der Waals surface area contributed by atoms with E-state index < -0.39 is 11.7 Å². The van der Waals surface area contributed by atoms with E-state index in [-0.39, 0.29) is 30.7 Å². The first-order valence-electron chi connectivity index (χ1n) is 8.23. The fourth-order valence-corrected chi connectivity index (χ4v) is 2.33. The number of carbonyl (C=O) groups is 1. The minimum atomic E-state index is -4.45. The molecule has 0 bridgehead atoms. The molecule has 2 aromatic rings. The maximum Gasteiger partial charge on any atom is 0.418 e. The van der Waals surface area contributed by atoms with Gasteiger partial charge in [0.2, 0.25) is 5.91 Å². The van der Waals surface area contributed by atoms with Gasteiger partial charge in [0.1, 0.15) is 5.75 Å². The quantitative estimate of drug-likeness (QED) is 0.730. The number of alkyl halides is 3. The Bertz CT molecular complexity index is 746. The van der Waals surface area contributed by atoms with Crippen LogP contribution in [-0.2, 0) is 11.0 Å². The molecular weight excluding hydrogens is 345 g/mol. The monoisotopic (exact) mass is 366 g/mol. The van der Waals surface area contributed by atoms with Gasteiger partial charge < -0.3 is 15.4 Å². The van der Waals surface area contributed by atoms with E-state index in [1.165, 1.54) is 18.2 Å². The highest BCUT2D eigenvalue weighted by molar-refractivity contribution is 5.92. The average Bonchev–Trinajstić information content (AvgIpc) is 2.56. The third-order valence-corrected chi connectivity index (χ3v) is 3.42. The Labute approximate surface area is 150 Å². The number of hydrogen-bond donors (Lipinski definition) is 2. The maximum atomic E-state index is 12.9. The predicted octanol–water partition coefficient (Wildman–Crippen LogP) is 4.93. The number of benzene rings is 2. The van der Waals surface area contributed by atoms with Crippen molar-refractivity contribution in [1.82, 2.24) is 0 Å². The SMILES string of the molecule is CC(C)Oc1ccccc1NC(=O)CCNc1ccccc1C(F)(F)F. The van der Waals surface area contributed by atoms with Crippen molar-refractivity contribution in [1.29, 1.82) is 0 Å². The fraction of sp³-hybridized carbons (Fsp3) is 0.316. The summed E-state index contributed by atoms with van der Waals surface area (Å²) < 4.78 is 44.4. The summed E-state index contributed by atoms with van der Waals surface area (Å²) in [6, 6.07) is 12.2. The number of para-hydroxylation sites is 3. The van der Waals surface area contributed by atoms with Gasteiger partial charge in [-0.2, -0.15) is 13.2 Å². The van der Waals surface area contributed by atoms with Crippen molar-refractivity contribution < 1.29 is 22.7 Å². The minimum Gasteiger partial charge on any atom is -0.489 e. The zero-order chi connectivity index (χ0) is 19.2. The topological polar surface area (TPSA) is 50.4 Å². The van der Waals surface area contributed by atoms with Gasteiger partial charge in [-0.15, -0.1) is 0 Å². The maximum absolute atomic E-state index is 12.9. The third-order valence-electron chi connectivity index (χ3n) is 3.42. The number of carbonyl (C=O) groups excluding carboxylic acids is 1. The molecule has 0 heterocycles. The molecule has 1 amide bonds. The standard InChI is InChI=1S/C19H21F3N2O2/c1-13(2)26-17-10-6-5-9-16(17)24-18(25)11-12-23-15-8-4-3-7-14(15)19(20,21)22/h3-10,13,23H,11-12H2,1-2H3,(H,24,25). The summed E-state index contributed by atoms with van der Waals surface area (Å²) in [6.07, 6.45) is -4.48. The van der Waals surface area contributed by atoms with Gasteiger partial charge in [-0.05, 0) is 38.1 Å². The van der Waals surface area contributed by atoms with Gasteiger partial charge in [-0.25, -0.2) is 0 Å². The van der Waals surface area contributed by atoms with Crippen molar-refractivity contribution in [2.24, 2.45) is 0 Å². The number of nitrogens with one attached hydrogen (secondary N) is 2. The molecule has 0 aromatic heterocycles. The molecule has 7 heteroatoms. The highest BCUT2D eigenvalue weighted by atomic mass is 19.4. The second kappa shape index (κ2) is 8.60. The zero-order valence-corrected chi connectivity index (χ0v) is 14.6. The van der Waals surface area contributed by atoms with Crippen LogP contribution in [0.4, 0.5) is 24.5 Å². The van der Waals surface area contributed by atoms with Crippen LogP contribution in [0.3, 0.4) is 0 Å². The summed E-state index contributed by atoms with van der Waals surface area (Å²) in [5.74, 6) is 0.230. The highest BCUT2D eigenvalue weighted by Gasteiger charge is 2.33. The molecule has 2 rings (SSSR count). The number of halogens is 3. The van der Waals surface area contributed by atoms with Gasteiger partial charge in [-0.1, -0.05) is 24.3 Å². The Kier molecular flexibility index (Phi) is 6.49. The molecule has 0 radical (unpaired) electrons. The van der Waals surface area contributed by atoms with E-state index in [0.717, 1.165) is 6.07 Å². The summed E-state index contributed by atoms with van der Waals surface area (Å²) in [5.41, 5.74) is -0.269. The van der Waals surface area contributed by atoms with Gasteiger partial charge in [0.25, 0.3) is 0 Å². The largest absolute Gasteiger partial charge is 0.489 e. The van der Waals surface area contributed by atoms with E-state index >= 15 is 0 Å². The average molecular weight is 366 g/mol. The van der Waals surface area contributed by atoms with Crippen molar-refractivity contribution in [2.75, 3.05) is 17.2 Å². The molecule has 0 saturated carbocycles. The van der Waals surface area contributed by atoms with E-state index in [1.54, 1.807) is 24.3 Å². The number of amides is 1. The van der Waals surface area contributed by atoms with Crippen LogP contribution in [0.1, 0.15) is 25.8 Å². The normalized spacial score (nSPS) is 11.3. The van der Waals surface area contributed by atoms with Crippen LogP contribution < -0.4 is 15.4 Å². The molecule has 0 aliphatic rings. The molecule has 0 unspecified atom stereocenters. The molecule has 0 aliphatic heterocycles. The molecule has 0 fully saturated rings. The lowest BCUT2D eigenvalue weighted by atomic mass is 10.1. The van der Waals surface area contributed by atoms with Gasteiger partial charge >= 0.3 is 6.18 Å². The Hall–Kier alpha value is -2.70. The zero-order valence-electron chi connectivity index (χ0n) is 14.6. The van der Waals surface area contributed by atoms with Crippen LogP contribution in [0, 0.1) is 0 Å². The molecule has 26 heavy (non-hydrogen) atoms. The number of hydrogen-bond acceptors (Lipinski definition) is 3. The Morgan fingerprint density at radius 2 is 1.65 bits per heavy atom. The Morgan fingerprint density at radius 1 is 1.04 bits per heavy atom. The van der Waals surface area contributed by atoms with E-state index in [2.05, 4.69) is 10.6 Å². The van der Waals surface area contributed by atoms with Crippen LogP contribution in [0.5, 0.6) is 5.75 Å². The van der Waals surface area contributed by atoms with E-state index in [9.17, 15) is 18.0 Å². The van der Waals surface area contributed by atoms with Crippen LogP contribution in [0.15, 0.2) is 48.5 Å². The first-order chi connectivity index (χ1) is 12.3. The fourth-order valence-electron chi connectivity index (χ4n) is 2.33. The molecule has 4 nitrogen and oxygen atoms in total. The molecule has 2 N–H and O–H groups in total. The van der Waals surface area contributed by atoms with Crippen molar-refractivity contribution in [2.45, 2.75) is 32.5 Å². The first kappa shape index (κ1) is 19.6. The summed E-state index contributed by atoms with van der Waals surface area (Å²) in [5, 5.41) is 5.39. The lowest BCUT2D eigenvalue weighted by Crippen LogP contribution is -2.18. The Balaban J connectivity index is 1.93. The number of ether oxygens (including phenoxy) is 1. The molecule has 0 aliphatic carbocycles. The lowest BCUT2D eigenvalue weighted by Gasteiger charge is -2.16. The van der Waals surface area contributed by atoms with Gasteiger partial charge in [0.05, 0.1) is 17.4 Å². The molecule has 0 atom stereocenters. The smallest absolute Gasteiger partial charge is 0.418 e. The summed E-state index contributed by atoms with van der Waals surface area (Å²) >= 11 is 0. The number of rotatable bonds is 7. The molecular formula is C19H21F3N2O2. The van der Waals surface area contributed by atoms with Crippen molar-refractivity contribution >= 4 is 17.3 Å². The summed E-state index contributed by atoms with van der Waals surface area (Å²) in [4.78, 5) is 12.1. The molecule has 2 aromatic carbocycles. The van der Waals surface area contributed by atoms with Crippen molar-refractivity contribution in [3.8, 4) is 5.75 Å². The molecule has 0 spiro atoms. The summed E-state index contributed by atoms with van der Waals surface area (Å²) in [6.45, 7) is 3.83. The highest BCUT2D eigenvalue weighted by Crippen LogP contribution is 2.34. The van der Waals surface area contributed by atoms with Gasteiger partial charge in [0.15, 0.2) is 0 Å². The minimum absolute atomic E-state index is 0.0161. The van der Waals surface area contributed by atoms with Crippen LogP contribution in [0.2, 0.25) is 0 Å². The van der Waals surface area contributed by atoms with E-state index in [4.69, 9.17) is 4.74 Å². The van der Waals surface area contributed by atoms with Gasteiger partial charge in [-0.3, -0.25) is 4.79 Å². The molecule has 140 valence electrons. The van der Waals surface area contributed by atoms with Crippen LogP contribution in [0.25, 0.3) is 0 Å². The second-order valence-corrected chi connectivity index (χ2v) is 5.93. The van der Waals surface area contributed by atoms with Crippen LogP contribution >= 0.6 is 0 Å². The first-order valence-corrected chi connectivity index (χ1v) is 8.23. The van der Waals surface area contributed by atoms with Crippen molar-refractivity contribution in [3.63, 3.8) is 0 Å². The molecule has 0 saturated heterocycles. The van der Waals surface area contributed by atoms with Gasteiger partial charge in [0, 0.05) is 18.7 Å².